The minimum absolute atomic E-state index is 0.107. The number of hydrogen-bond acceptors (Lipinski definition) is 8. The van der Waals surface area contributed by atoms with E-state index in [4.69, 9.17) is 14.7 Å². The van der Waals surface area contributed by atoms with E-state index in [9.17, 15) is 9.90 Å². The summed E-state index contributed by atoms with van der Waals surface area (Å²) in [4.78, 5) is 21.9. The van der Waals surface area contributed by atoms with E-state index in [1.165, 1.54) is 0 Å². The lowest BCUT2D eigenvalue weighted by Crippen LogP contribution is -2.42. The first-order valence-electron chi connectivity index (χ1n) is 9.91. The Morgan fingerprint density at radius 2 is 2.00 bits per heavy atom. The fourth-order valence-corrected chi connectivity index (χ4v) is 3.55. The number of carbonyl (C=O) groups is 1. The number of anilines is 1. The van der Waals surface area contributed by atoms with Crippen molar-refractivity contribution < 1.29 is 14.6 Å². The van der Waals surface area contributed by atoms with Crippen molar-refractivity contribution in [2.45, 2.75) is 6.04 Å². The van der Waals surface area contributed by atoms with Crippen LogP contribution in [-0.4, -0.2) is 63.4 Å². The van der Waals surface area contributed by atoms with Gasteiger partial charge < -0.3 is 25.8 Å². The van der Waals surface area contributed by atoms with E-state index in [0.717, 1.165) is 10.9 Å². The van der Waals surface area contributed by atoms with E-state index >= 15 is 0 Å². The highest BCUT2D eigenvalue weighted by Crippen LogP contribution is 2.27. The monoisotopic (exact) mass is 419 g/mol. The summed E-state index contributed by atoms with van der Waals surface area (Å²) in [5, 5.41) is 24.3. The van der Waals surface area contributed by atoms with Gasteiger partial charge in [0.1, 0.15) is 17.5 Å². The van der Waals surface area contributed by atoms with Crippen LogP contribution in [-0.2, 0) is 4.79 Å². The van der Waals surface area contributed by atoms with Gasteiger partial charge in [-0.25, -0.2) is 9.97 Å². The van der Waals surface area contributed by atoms with Gasteiger partial charge in [-0.05, 0) is 36.4 Å². The molecule has 31 heavy (non-hydrogen) atoms. The highest BCUT2D eigenvalue weighted by atomic mass is 16.5. The quantitative estimate of drug-likeness (QED) is 0.388. The van der Waals surface area contributed by atoms with Crippen molar-refractivity contribution in [1.82, 2.24) is 30.2 Å². The number of phenols is 1. The molecule has 0 bridgehead atoms. The molecule has 0 saturated carbocycles. The summed E-state index contributed by atoms with van der Waals surface area (Å²) in [7, 11) is 1.60. The van der Waals surface area contributed by atoms with Crippen LogP contribution >= 0.6 is 0 Å². The molecule has 10 nitrogen and oxygen atoms in total. The smallest absolute Gasteiger partial charge is 0.243 e. The number of phenolic OH excluding ortho intramolecular Hbond substituents is 1. The fraction of sp³-hybridized carbons (Fsp3) is 0.238. The van der Waals surface area contributed by atoms with E-state index in [-0.39, 0.29) is 11.7 Å². The molecule has 1 aliphatic rings. The highest BCUT2D eigenvalue weighted by molar-refractivity contribution is 5.94. The molecule has 0 spiro atoms. The third-order valence-electron chi connectivity index (χ3n) is 5.17. The normalized spacial score (nSPS) is 16.8. The van der Waals surface area contributed by atoms with Crippen molar-refractivity contribution in [2.24, 2.45) is 0 Å². The van der Waals surface area contributed by atoms with Gasteiger partial charge in [-0.1, -0.05) is 0 Å². The molecular weight excluding hydrogens is 398 g/mol. The Hall–Kier alpha value is -3.92. The molecule has 1 amide bonds. The number of nitrogens with one attached hydrogen (secondary N) is 3. The standard InChI is InChI=1S/C21H21N7O3/c1-31-14-6-7-15-16(10-14)24-21(25-17-11-22-8-9-23-20(17)30)28-19(15)26-18(27-28)12-2-4-13(29)5-3-12/h2-7,10,17,22,29H,8-9,11H2,1H3,(H,23,30)(H,24,25)/t17-/m1/s1. The first-order valence-corrected chi connectivity index (χ1v) is 9.91. The molecule has 4 aromatic rings. The average molecular weight is 419 g/mol. The molecule has 5 rings (SSSR count). The largest absolute Gasteiger partial charge is 0.508 e. The van der Waals surface area contributed by atoms with E-state index < -0.39 is 6.04 Å². The van der Waals surface area contributed by atoms with Crippen molar-refractivity contribution in [3.05, 3.63) is 42.5 Å². The minimum Gasteiger partial charge on any atom is -0.508 e. The summed E-state index contributed by atoms with van der Waals surface area (Å²) in [5.41, 5.74) is 2.02. The molecule has 1 atom stereocenters. The molecule has 0 aliphatic carbocycles. The third-order valence-corrected chi connectivity index (χ3v) is 5.17. The topological polar surface area (TPSA) is 126 Å². The number of amides is 1. The number of nitrogens with zero attached hydrogens (tertiary/aromatic N) is 4. The summed E-state index contributed by atoms with van der Waals surface area (Å²) < 4.78 is 6.95. The summed E-state index contributed by atoms with van der Waals surface area (Å²) in [6, 6.07) is 11.7. The van der Waals surface area contributed by atoms with Crippen LogP contribution in [0.4, 0.5) is 5.95 Å². The molecular formula is C21H21N7O3. The second-order valence-corrected chi connectivity index (χ2v) is 7.23. The molecule has 3 heterocycles. The lowest BCUT2D eigenvalue weighted by atomic mass is 10.2. The zero-order valence-corrected chi connectivity index (χ0v) is 16.8. The number of aromatic hydroxyl groups is 1. The van der Waals surface area contributed by atoms with E-state index in [1.54, 1.807) is 35.9 Å². The molecule has 10 heteroatoms. The van der Waals surface area contributed by atoms with Gasteiger partial charge in [0.05, 0.1) is 12.6 Å². The van der Waals surface area contributed by atoms with E-state index in [0.29, 0.717) is 48.3 Å². The van der Waals surface area contributed by atoms with E-state index in [1.807, 2.05) is 18.2 Å². The SMILES string of the molecule is COc1ccc2c(c1)nc(N[C@@H]1CNCCNC1=O)n1nc(-c3ccc(O)cc3)nc21. The van der Waals surface area contributed by atoms with Gasteiger partial charge in [0.25, 0.3) is 0 Å². The van der Waals surface area contributed by atoms with Crippen LogP contribution in [0.25, 0.3) is 27.9 Å². The van der Waals surface area contributed by atoms with Gasteiger partial charge >= 0.3 is 0 Å². The fourth-order valence-electron chi connectivity index (χ4n) is 3.55. The van der Waals surface area contributed by atoms with Crippen LogP contribution in [0.2, 0.25) is 0 Å². The van der Waals surface area contributed by atoms with Crippen LogP contribution in [0.3, 0.4) is 0 Å². The van der Waals surface area contributed by atoms with E-state index in [2.05, 4.69) is 21.0 Å². The number of methoxy groups -OCH3 is 1. The van der Waals surface area contributed by atoms with Gasteiger partial charge in [-0.3, -0.25) is 4.79 Å². The van der Waals surface area contributed by atoms with Crippen molar-refractivity contribution in [3.8, 4) is 22.9 Å². The number of carbonyl (C=O) groups excluding carboxylic acids is 1. The Morgan fingerprint density at radius 1 is 1.16 bits per heavy atom. The third kappa shape index (κ3) is 3.57. The highest BCUT2D eigenvalue weighted by Gasteiger charge is 2.23. The van der Waals surface area contributed by atoms with Gasteiger partial charge in [0, 0.05) is 36.7 Å². The number of hydrogen-bond donors (Lipinski definition) is 4. The van der Waals surface area contributed by atoms with Crippen LogP contribution in [0.5, 0.6) is 11.5 Å². The molecule has 2 aromatic heterocycles. The van der Waals surface area contributed by atoms with Gasteiger partial charge in [-0.2, -0.15) is 4.52 Å². The molecule has 1 saturated heterocycles. The average Bonchev–Trinajstić information content (AvgIpc) is 3.14. The second kappa shape index (κ2) is 7.73. The molecule has 0 unspecified atom stereocenters. The Balaban J connectivity index is 1.67. The lowest BCUT2D eigenvalue weighted by molar-refractivity contribution is -0.121. The number of fused-ring (bicyclic) bond motifs is 3. The van der Waals surface area contributed by atoms with Gasteiger partial charge in [0.2, 0.25) is 11.9 Å². The molecule has 1 aliphatic heterocycles. The second-order valence-electron chi connectivity index (χ2n) is 7.23. The zero-order chi connectivity index (χ0) is 21.4. The van der Waals surface area contributed by atoms with Crippen molar-refractivity contribution in [3.63, 3.8) is 0 Å². The molecule has 158 valence electrons. The van der Waals surface area contributed by atoms with Crippen molar-refractivity contribution in [1.29, 1.82) is 0 Å². The van der Waals surface area contributed by atoms with Crippen LogP contribution < -0.4 is 20.7 Å². The maximum absolute atomic E-state index is 12.4. The molecule has 2 aromatic carbocycles. The number of aromatic nitrogens is 4. The Kier molecular flexibility index (Phi) is 4.75. The summed E-state index contributed by atoms with van der Waals surface area (Å²) in [6.45, 7) is 1.74. The van der Waals surface area contributed by atoms with Crippen LogP contribution in [0.1, 0.15) is 0 Å². The first kappa shape index (κ1) is 19.1. The minimum atomic E-state index is -0.511. The van der Waals surface area contributed by atoms with Crippen molar-refractivity contribution >= 4 is 28.4 Å². The Morgan fingerprint density at radius 3 is 2.81 bits per heavy atom. The van der Waals surface area contributed by atoms with Gasteiger partial charge in [0.15, 0.2) is 11.5 Å². The van der Waals surface area contributed by atoms with Crippen molar-refractivity contribution in [2.75, 3.05) is 32.1 Å². The number of rotatable bonds is 4. The molecule has 4 N–H and O–H groups in total. The first-order chi connectivity index (χ1) is 15.1. The number of ether oxygens (including phenoxy) is 1. The predicted octanol–water partition coefficient (Wildman–Crippen LogP) is 1.16. The number of benzene rings is 2. The zero-order valence-electron chi connectivity index (χ0n) is 16.8. The molecule has 0 radical (unpaired) electrons. The predicted molar refractivity (Wildman–Crippen MR) is 115 cm³/mol. The van der Waals surface area contributed by atoms with Crippen LogP contribution in [0, 0.1) is 0 Å². The molecule has 1 fully saturated rings. The summed E-state index contributed by atoms with van der Waals surface area (Å²) in [5.74, 6) is 1.61. The van der Waals surface area contributed by atoms with Gasteiger partial charge in [-0.15, -0.1) is 5.10 Å². The maximum atomic E-state index is 12.4. The summed E-state index contributed by atoms with van der Waals surface area (Å²) >= 11 is 0. The lowest BCUT2D eigenvalue weighted by Gasteiger charge is -2.16. The Bertz CT molecular complexity index is 1270. The Labute approximate surface area is 177 Å². The van der Waals surface area contributed by atoms with Crippen LogP contribution in [0.15, 0.2) is 42.5 Å². The maximum Gasteiger partial charge on any atom is 0.243 e. The summed E-state index contributed by atoms with van der Waals surface area (Å²) in [6.07, 6.45) is 0.